The Balaban J connectivity index is 2.09. The van der Waals surface area contributed by atoms with Gasteiger partial charge >= 0.3 is 0 Å². The largest absolute Gasteiger partial charge is 0.382 e. The number of hydrogen-bond acceptors (Lipinski definition) is 3. The van der Waals surface area contributed by atoms with Crippen LogP contribution < -0.4 is 0 Å². The van der Waals surface area contributed by atoms with Gasteiger partial charge in [-0.25, -0.2) is 4.39 Å². The van der Waals surface area contributed by atoms with Gasteiger partial charge in [0, 0.05) is 19.0 Å². The molecule has 21 heavy (non-hydrogen) atoms. The van der Waals surface area contributed by atoms with E-state index in [9.17, 15) is 4.39 Å². The summed E-state index contributed by atoms with van der Waals surface area (Å²) in [5.41, 5.74) is 1.16. The lowest BCUT2D eigenvalue weighted by atomic mass is 9.98. The summed E-state index contributed by atoms with van der Waals surface area (Å²) in [5.74, 6) is 0.302. The van der Waals surface area contributed by atoms with Gasteiger partial charge in [0.1, 0.15) is 5.82 Å². The second kappa shape index (κ2) is 12.1. The van der Waals surface area contributed by atoms with E-state index in [1.807, 2.05) is 12.1 Å². The molecule has 1 atom stereocenters. The van der Waals surface area contributed by atoms with Gasteiger partial charge in [0.15, 0.2) is 0 Å². The molecule has 0 aliphatic heterocycles. The molecular weight excluding hydrogens is 339 g/mol. The minimum atomic E-state index is -0.189. The zero-order chi connectivity index (χ0) is 15.3. The first-order valence-electron chi connectivity index (χ1n) is 7.21. The molecule has 0 aliphatic rings. The molecule has 1 rings (SSSR count). The van der Waals surface area contributed by atoms with E-state index in [4.69, 9.17) is 14.2 Å². The van der Waals surface area contributed by atoms with E-state index in [2.05, 4.69) is 15.9 Å². The quantitative estimate of drug-likeness (QED) is 0.421. The summed E-state index contributed by atoms with van der Waals surface area (Å²) < 4.78 is 28.6. The van der Waals surface area contributed by atoms with E-state index in [1.165, 1.54) is 12.1 Å². The van der Waals surface area contributed by atoms with Gasteiger partial charge in [-0.05, 0) is 36.5 Å². The lowest BCUT2D eigenvalue weighted by molar-refractivity contribution is 0.0223. The molecule has 0 amide bonds. The van der Waals surface area contributed by atoms with Gasteiger partial charge in [-0.2, -0.15) is 0 Å². The van der Waals surface area contributed by atoms with E-state index < -0.39 is 0 Å². The molecule has 0 fully saturated rings. The van der Waals surface area contributed by atoms with E-state index in [1.54, 1.807) is 7.11 Å². The third kappa shape index (κ3) is 9.19. The predicted octanol–water partition coefficient (Wildman–Crippen LogP) is 3.45. The Morgan fingerprint density at radius 2 is 1.62 bits per heavy atom. The van der Waals surface area contributed by atoms with Crippen LogP contribution in [-0.2, 0) is 20.6 Å². The minimum Gasteiger partial charge on any atom is -0.382 e. The Bertz CT molecular complexity index is 359. The molecule has 0 spiro atoms. The molecule has 0 aromatic heterocycles. The molecule has 1 aromatic rings. The first-order chi connectivity index (χ1) is 10.3. The number of alkyl halides is 1. The monoisotopic (exact) mass is 362 g/mol. The first kappa shape index (κ1) is 18.6. The van der Waals surface area contributed by atoms with Crippen LogP contribution in [0.25, 0.3) is 0 Å². The van der Waals surface area contributed by atoms with Crippen LogP contribution >= 0.6 is 15.9 Å². The van der Waals surface area contributed by atoms with Crippen LogP contribution in [0.5, 0.6) is 0 Å². The van der Waals surface area contributed by atoms with Crippen molar-refractivity contribution in [3.8, 4) is 0 Å². The van der Waals surface area contributed by atoms with E-state index >= 15 is 0 Å². The third-order valence-electron chi connectivity index (χ3n) is 3.13. The van der Waals surface area contributed by atoms with Crippen LogP contribution in [0.2, 0.25) is 0 Å². The van der Waals surface area contributed by atoms with E-state index in [-0.39, 0.29) is 5.82 Å². The Hall–Kier alpha value is -0.490. The fourth-order valence-electron chi connectivity index (χ4n) is 1.90. The number of methoxy groups -OCH3 is 1. The maximum absolute atomic E-state index is 12.9. The first-order valence-corrected chi connectivity index (χ1v) is 8.33. The summed E-state index contributed by atoms with van der Waals surface area (Å²) in [6.07, 6.45) is 1.90. The van der Waals surface area contributed by atoms with Crippen molar-refractivity contribution in [2.24, 2.45) is 5.92 Å². The molecule has 3 nitrogen and oxygen atoms in total. The standard InChI is InChI=1S/C16H24BrFO3/c1-19-8-9-21-11-10-20-7-6-15(13-17)12-14-2-4-16(18)5-3-14/h2-5,15H,6-13H2,1H3. The van der Waals surface area contributed by atoms with Crippen LogP contribution in [0.1, 0.15) is 12.0 Å². The highest BCUT2D eigenvalue weighted by Gasteiger charge is 2.08. The number of rotatable bonds is 12. The van der Waals surface area contributed by atoms with Crippen molar-refractivity contribution in [1.29, 1.82) is 0 Å². The van der Waals surface area contributed by atoms with E-state index in [0.717, 1.165) is 23.7 Å². The van der Waals surface area contributed by atoms with Gasteiger partial charge in [0.2, 0.25) is 0 Å². The second-order valence-electron chi connectivity index (χ2n) is 4.86. The number of benzene rings is 1. The van der Waals surface area contributed by atoms with Gasteiger partial charge < -0.3 is 14.2 Å². The highest BCUT2D eigenvalue weighted by Crippen LogP contribution is 2.15. The smallest absolute Gasteiger partial charge is 0.123 e. The minimum absolute atomic E-state index is 0.189. The molecule has 0 saturated carbocycles. The van der Waals surface area contributed by atoms with Gasteiger partial charge in [-0.15, -0.1) is 0 Å². The molecule has 0 N–H and O–H groups in total. The van der Waals surface area contributed by atoms with Crippen molar-refractivity contribution < 1.29 is 18.6 Å². The summed E-state index contributed by atoms with van der Waals surface area (Å²) in [5, 5.41) is 0.915. The zero-order valence-electron chi connectivity index (χ0n) is 12.5. The van der Waals surface area contributed by atoms with Crippen LogP contribution in [-0.4, -0.2) is 45.5 Å². The molecular formula is C16H24BrFO3. The number of halogens is 2. The SMILES string of the molecule is COCCOCCOCCC(CBr)Cc1ccc(F)cc1. The van der Waals surface area contributed by atoms with Crippen molar-refractivity contribution >= 4 is 15.9 Å². The van der Waals surface area contributed by atoms with Gasteiger partial charge in [0.25, 0.3) is 0 Å². The molecule has 0 heterocycles. The Morgan fingerprint density at radius 1 is 1.00 bits per heavy atom. The summed E-state index contributed by atoms with van der Waals surface area (Å²) in [7, 11) is 1.65. The molecule has 5 heteroatoms. The topological polar surface area (TPSA) is 27.7 Å². The van der Waals surface area contributed by atoms with Crippen molar-refractivity contribution in [1.82, 2.24) is 0 Å². The van der Waals surface area contributed by atoms with Crippen LogP contribution in [0.4, 0.5) is 4.39 Å². The Morgan fingerprint density at radius 3 is 2.24 bits per heavy atom. The average Bonchev–Trinajstić information content (AvgIpc) is 2.50. The number of hydrogen-bond donors (Lipinski definition) is 0. The highest BCUT2D eigenvalue weighted by atomic mass is 79.9. The molecule has 0 bridgehead atoms. The average molecular weight is 363 g/mol. The predicted molar refractivity (Wildman–Crippen MR) is 85.5 cm³/mol. The molecule has 0 radical (unpaired) electrons. The lowest BCUT2D eigenvalue weighted by Crippen LogP contribution is -2.13. The summed E-state index contributed by atoms with van der Waals surface area (Å²) in [6.45, 7) is 3.14. The maximum Gasteiger partial charge on any atom is 0.123 e. The van der Waals surface area contributed by atoms with Crippen LogP contribution in [0.15, 0.2) is 24.3 Å². The molecule has 0 saturated heterocycles. The fourth-order valence-corrected chi connectivity index (χ4v) is 2.45. The van der Waals surface area contributed by atoms with Crippen molar-refractivity contribution in [3.05, 3.63) is 35.6 Å². The second-order valence-corrected chi connectivity index (χ2v) is 5.50. The van der Waals surface area contributed by atoms with Gasteiger partial charge in [0.05, 0.1) is 26.4 Å². The van der Waals surface area contributed by atoms with E-state index in [0.29, 0.717) is 39.0 Å². The molecule has 1 aromatic carbocycles. The lowest BCUT2D eigenvalue weighted by Gasteiger charge is -2.14. The molecule has 120 valence electrons. The van der Waals surface area contributed by atoms with Crippen molar-refractivity contribution in [2.45, 2.75) is 12.8 Å². The van der Waals surface area contributed by atoms with Gasteiger partial charge in [-0.3, -0.25) is 0 Å². The fraction of sp³-hybridized carbons (Fsp3) is 0.625. The molecule has 1 unspecified atom stereocenters. The normalized spacial score (nSPS) is 12.5. The Labute approximate surface area is 134 Å². The van der Waals surface area contributed by atoms with Crippen molar-refractivity contribution in [3.63, 3.8) is 0 Å². The number of ether oxygens (including phenoxy) is 3. The van der Waals surface area contributed by atoms with Gasteiger partial charge in [-0.1, -0.05) is 28.1 Å². The summed E-state index contributed by atoms with van der Waals surface area (Å²) in [6, 6.07) is 6.70. The highest BCUT2D eigenvalue weighted by molar-refractivity contribution is 9.09. The zero-order valence-corrected chi connectivity index (χ0v) is 14.1. The maximum atomic E-state index is 12.9. The molecule has 0 aliphatic carbocycles. The summed E-state index contributed by atoms with van der Waals surface area (Å²) >= 11 is 3.53. The van der Waals surface area contributed by atoms with Crippen molar-refractivity contribution in [2.75, 3.05) is 45.5 Å². The van der Waals surface area contributed by atoms with Crippen LogP contribution in [0, 0.1) is 11.7 Å². The third-order valence-corrected chi connectivity index (χ3v) is 4.05. The summed E-state index contributed by atoms with van der Waals surface area (Å²) in [4.78, 5) is 0. The Kier molecular flexibility index (Phi) is 10.7. The van der Waals surface area contributed by atoms with Crippen LogP contribution in [0.3, 0.4) is 0 Å².